The van der Waals surface area contributed by atoms with E-state index in [9.17, 15) is 13.2 Å². The molecule has 0 N–H and O–H groups in total. The molecule has 0 spiro atoms. The van der Waals surface area contributed by atoms with Crippen LogP contribution in [0.5, 0.6) is 5.75 Å². The number of benzene rings is 4. The Morgan fingerprint density at radius 2 is 1.28 bits per heavy atom. The van der Waals surface area contributed by atoms with Gasteiger partial charge in [-0.3, -0.25) is 4.79 Å². The van der Waals surface area contributed by atoms with Crippen LogP contribution in [0.15, 0.2) is 114 Å². The van der Waals surface area contributed by atoms with Crippen LogP contribution >= 0.6 is 0 Å². The van der Waals surface area contributed by atoms with Crippen molar-refractivity contribution in [3.05, 3.63) is 126 Å². The summed E-state index contributed by atoms with van der Waals surface area (Å²) in [4.78, 5) is 13.3. The lowest BCUT2D eigenvalue weighted by atomic mass is 9.78. The van der Waals surface area contributed by atoms with E-state index in [-0.39, 0.29) is 16.0 Å². The van der Waals surface area contributed by atoms with Gasteiger partial charge < -0.3 is 4.74 Å². The zero-order valence-corrected chi connectivity index (χ0v) is 21.4. The van der Waals surface area contributed by atoms with Crippen LogP contribution in [0, 0.1) is 6.92 Å². The van der Waals surface area contributed by atoms with E-state index in [1.165, 1.54) is 17.7 Å². The molecule has 0 saturated carbocycles. The first-order valence-corrected chi connectivity index (χ1v) is 13.1. The highest BCUT2D eigenvalue weighted by molar-refractivity contribution is 7.93. The Morgan fingerprint density at radius 1 is 0.750 bits per heavy atom. The second-order valence-electron chi connectivity index (χ2n) is 9.12. The van der Waals surface area contributed by atoms with Crippen LogP contribution in [-0.4, -0.2) is 20.9 Å². The third kappa shape index (κ3) is 5.34. The molecule has 4 rings (SSSR count). The quantitative estimate of drug-likeness (QED) is 0.293. The van der Waals surface area contributed by atoms with Crippen molar-refractivity contribution in [2.45, 2.75) is 31.1 Å². The maximum Gasteiger partial charge on any atom is 0.278 e. The highest BCUT2D eigenvalue weighted by Crippen LogP contribution is 2.32. The second kappa shape index (κ2) is 10.4. The van der Waals surface area contributed by atoms with E-state index in [0.29, 0.717) is 5.75 Å². The van der Waals surface area contributed by atoms with Gasteiger partial charge in [-0.05, 0) is 54.4 Å². The summed E-state index contributed by atoms with van der Waals surface area (Å²) >= 11 is 0. The van der Waals surface area contributed by atoms with Gasteiger partial charge in [-0.2, -0.15) is 4.31 Å². The van der Waals surface area contributed by atoms with Crippen LogP contribution in [0.2, 0.25) is 0 Å². The standard InChI is InChI=1S/C30H29NO4S/c1-23-14-20-28(21-15-23)36(33,34)31(26-12-8-5-9-13-26)29(32)22-35-27-18-16-25(17-19-27)30(2,3)24-10-6-4-7-11-24/h4-21H,22H2,1-3H3. The summed E-state index contributed by atoms with van der Waals surface area (Å²) in [6.45, 7) is 5.74. The van der Waals surface area contributed by atoms with Crippen molar-refractivity contribution < 1.29 is 17.9 Å². The van der Waals surface area contributed by atoms with Gasteiger partial charge in [-0.25, -0.2) is 8.42 Å². The second-order valence-corrected chi connectivity index (χ2v) is 10.9. The first-order chi connectivity index (χ1) is 17.2. The minimum atomic E-state index is -4.13. The predicted octanol–water partition coefficient (Wildman–Crippen LogP) is 6.12. The summed E-state index contributed by atoms with van der Waals surface area (Å²) in [5.41, 5.74) is 3.26. The summed E-state index contributed by atoms with van der Waals surface area (Å²) in [5.74, 6) is -0.202. The summed E-state index contributed by atoms with van der Waals surface area (Å²) < 4.78 is 33.4. The zero-order chi connectivity index (χ0) is 25.8. The van der Waals surface area contributed by atoms with Gasteiger partial charge in [-0.15, -0.1) is 0 Å². The molecule has 184 valence electrons. The molecule has 0 aliphatic heterocycles. The first kappa shape index (κ1) is 25.2. The smallest absolute Gasteiger partial charge is 0.278 e. The molecule has 0 aliphatic carbocycles. The maximum absolute atomic E-state index is 13.4. The Hall–Kier alpha value is -3.90. The maximum atomic E-state index is 13.4. The molecule has 0 fully saturated rings. The molecular weight excluding hydrogens is 470 g/mol. The number of sulfonamides is 1. The number of nitrogens with zero attached hydrogens (tertiary/aromatic N) is 1. The minimum Gasteiger partial charge on any atom is -0.484 e. The molecular formula is C30H29NO4S. The molecule has 0 saturated heterocycles. The molecule has 1 amide bonds. The average molecular weight is 500 g/mol. The number of carbonyl (C=O) groups excluding carboxylic acids is 1. The molecule has 0 radical (unpaired) electrons. The van der Waals surface area contributed by atoms with Gasteiger partial charge >= 0.3 is 0 Å². The van der Waals surface area contributed by atoms with Crippen LogP contribution in [0.1, 0.15) is 30.5 Å². The molecule has 6 heteroatoms. The van der Waals surface area contributed by atoms with Gasteiger partial charge in [0, 0.05) is 5.41 Å². The van der Waals surface area contributed by atoms with Crippen molar-refractivity contribution in [1.29, 1.82) is 0 Å². The van der Waals surface area contributed by atoms with Crippen LogP contribution in [-0.2, 0) is 20.2 Å². The third-order valence-electron chi connectivity index (χ3n) is 6.21. The van der Waals surface area contributed by atoms with E-state index in [1.54, 1.807) is 54.6 Å². The topological polar surface area (TPSA) is 63.7 Å². The number of amides is 1. The minimum absolute atomic E-state index is 0.0396. The van der Waals surface area contributed by atoms with Crippen molar-refractivity contribution in [3.8, 4) is 5.75 Å². The number of rotatable bonds is 8. The van der Waals surface area contributed by atoms with E-state index in [0.717, 1.165) is 15.4 Å². The molecule has 0 heterocycles. The largest absolute Gasteiger partial charge is 0.484 e. The molecule has 0 unspecified atom stereocenters. The molecule has 36 heavy (non-hydrogen) atoms. The third-order valence-corrected chi connectivity index (χ3v) is 7.97. The fourth-order valence-electron chi connectivity index (χ4n) is 3.99. The summed E-state index contributed by atoms with van der Waals surface area (Å²) in [7, 11) is -4.13. The first-order valence-electron chi connectivity index (χ1n) is 11.7. The Morgan fingerprint density at radius 3 is 1.86 bits per heavy atom. The van der Waals surface area contributed by atoms with E-state index in [4.69, 9.17) is 4.74 Å². The summed E-state index contributed by atoms with van der Waals surface area (Å²) in [6.07, 6.45) is 0. The number of carbonyl (C=O) groups is 1. The molecule has 4 aromatic carbocycles. The number of hydrogen-bond donors (Lipinski definition) is 0. The average Bonchev–Trinajstić information content (AvgIpc) is 2.89. The van der Waals surface area contributed by atoms with Crippen LogP contribution in [0.4, 0.5) is 5.69 Å². The van der Waals surface area contributed by atoms with E-state index in [2.05, 4.69) is 26.0 Å². The summed E-state index contributed by atoms with van der Waals surface area (Å²) in [5, 5.41) is 0. The SMILES string of the molecule is Cc1ccc(S(=O)(=O)N(C(=O)COc2ccc(C(C)(C)c3ccccc3)cc2)c2ccccc2)cc1. The van der Waals surface area contributed by atoms with Gasteiger partial charge in [0.25, 0.3) is 15.9 Å². The van der Waals surface area contributed by atoms with Gasteiger partial charge in [0.1, 0.15) is 5.75 Å². The predicted molar refractivity (Wildman–Crippen MR) is 143 cm³/mol. The number of anilines is 1. The monoisotopic (exact) mass is 499 g/mol. The van der Waals surface area contributed by atoms with Gasteiger partial charge in [-0.1, -0.05) is 92.2 Å². The zero-order valence-electron chi connectivity index (χ0n) is 20.6. The fourth-order valence-corrected chi connectivity index (χ4v) is 5.40. The van der Waals surface area contributed by atoms with Crippen LogP contribution in [0.25, 0.3) is 0 Å². The van der Waals surface area contributed by atoms with Crippen LogP contribution < -0.4 is 9.04 Å². The number of aryl methyl sites for hydroxylation is 1. The Kier molecular flexibility index (Phi) is 7.27. The van der Waals surface area contributed by atoms with Crippen molar-refractivity contribution in [2.75, 3.05) is 10.9 Å². The Bertz CT molecular complexity index is 1410. The van der Waals surface area contributed by atoms with Gasteiger partial charge in [0.05, 0.1) is 10.6 Å². The lowest BCUT2D eigenvalue weighted by Crippen LogP contribution is -2.40. The highest BCUT2D eigenvalue weighted by atomic mass is 32.2. The van der Waals surface area contributed by atoms with E-state index in [1.807, 2.05) is 37.3 Å². The molecule has 0 aliphatic rings. The highest BCUT2D eigenvalue weighted by Gasteiger charge is 2.31. The van der Waals surface area contributed by atoms with E-state index >= 15 is 0 Å². The normalized spacial score (nSPS) is 11.6. The van der Waals surface area contributed by atoms with E-state index < -0.39 is 22.5 Å². The summed E-state index contributed by atoms with van der Waals surface area (Å²) in [6, 6.07) is 32.5. The molecule has 5 nitrogen and oxygen atoms in total. The number of para-hydroxylation sites is 1. The van der Waals surface area contributed by atoms with Crippen molar-refractivity contribution >= 4 is 21.6 Å². The molecule has 0 bridgehead atoms. The number of ether oxygens (including phenoxy) is 1. The lowest BCUT2D eigenvalue weighted by Gasteiger charge is -2.26. The van der Waals surface area contributed by atoms with Crippen LogP contribution in [0.3, 0.4) is 0 Å². The number of hydrogen-bond acceptors (Lipinski definition) is 4. The Balaban J connectivity index is 1.54. The van der Waals surface area contributed by atoms with Crippen molar-refractivity contribution in [3.63, 3.8) is 0 Å². The van der Waals surface area contributed by atoms with Gasteiger partial charge in [0.2, 0.25) is 0 Å². The molecule has 0 aromatic heterocycles. The van der Waals surface area contributed by atoms with Crippen molar-refractivity contribution in [2.24, 2.45) is 0 Å². The molecule has 4 aromatic rings. The van der Waals surface area contributed by atoms with Gasteiger partial charge in [0.15, 0.2) is 6.61 Å². The molecule has 0 atom stereocenters. The van der Waals surface area contributed by atoms with Crippen molar-refractivity contribution in [1.82, 2.24) is 0 Å². The Labute approximate surface area is 213 Å². The fraction of sp³-hybridized carbons (Fsp3) is 0.167. The lowest BCUT2D eigenvalue weighted by molar-refractivity contribution is -0.119.